The molecule has 0 bridgehead atoms. The molecule has 5 nitrogen and oxygen atoms in total. The molecule has 0 radical (unpaired) electrons. The molecule has 1 N–H and O–H groups in total. The highest BCUT2D eigenvalue weighted by atomic mass is 16.7. The third-order valence-electron chi connectivity index (χ3n) is 1.95. The SMILES string of the molecule is CC(C)(CN1CCC(=O)O1)C(=O)O. The van der Waals surface area contributed by atoms with Gasteiger partial charge in [0.2, 0.25) is 0 Å². The molecule has 0 aliphatic carbocycles. The van der Waals surface area contributed by atoms with Crippen LogP contribution in [0.25, 0.3) is 0 Å². The summed E-state index contributed by atoms with van der Waals surface area (Å²) < 4.78 is 0. The Morgan fingerprint density at radius 1 is 1.69 bits per heavy atom. The Morgan fingerprint density at radius 2 is 2.31 bits per heavy atom. The lowest BCUT2D eigenvalue weighted by molar-refractivity contribution is -0.179. The summed E-state index contributed by atoms with van der Waals surface area (Å²) in [6.45, 7) is 3.91. The Kier molecular flexibility index (Phi) is 2.56. The van der Waals surface area contributed by atoms with Crippen molar-refractivity contribution in [3.8, 4) is 0 Å². The highest BCUT2D eigenvalue weighted by Crippen LogP contribution is 2.19. The second kappa shape index (κ2) is 3.33. The summed E-state index contributed by atoms with van der Waals surface area (Å²) in [7, 11) is 0. The molecule has 0 spiro atoms. The van der Waals surface area contributed by atoms with Crippen molar-refractivity contribution in [1.82, 2.24) is 5.06 Å². The van der Waals surface area contributed by atoms with E-state index in [4.69, 9.17) is 9.94 Å². The number of nitrogens with zero attached hydrogens (tertiary/aromatic N) is 1. The standard InChI is InChI=1S/C8H13NO4/c1-8(2,7(11)12)5-9-4-3-6(10)13-9/h3-5H2,1-2H3,(H,11,12). The van der Waals surface area contributed by atoms with Crippen LogP contribution in [0.5, 0.6) is 0 Å². The zero-order valence-electron chi connectivity index (χ0n) is 7.74. The molecule has 1 saturated heterocycles. The van der Waals surface area contributed by atoms with Crippen LogP contribution in [0.4, 0.5) is 0 Å². The molecule has 1 heterocycles. The van der Waals surface area contributed by atoms with Gasteiger partial charge in [-0.05, 0) is 13.8 Å². The Labute approximate surface area is 76.2 Å². The van der Waals surface area contributed by atoms with Gasteiger partial charge in [-0.2, -0.15) is 0 Å². The lowest BCUT2D eigenvalue weighted by Gasteiger charge is -2.23. The Hall–Kier alpha value is -1.10. The largest absolute Gasteiger partial charge is 0.481 e. The number of carboxylic acids is 1. The molecule has 13 heavy (non-hydrogen) atoms. The van der Waals surface area contributed by atoms with E-state index in [2.05, 4.69) is 0 Å². The highest BCUT2D eigenvalue weighted by Gasteiger charge is 2.33. The van der Waals surface area contributed by atoms with Crippen molar-refractivity contribution in [3.63, 3.8) is 0 Å². The van der Waals surface area contributed by atoms with Gasteiger partial charge in [-0.3, -0.25) is 9.59 Å². The topological polar surface area (TPSA) is 66.8 Å². The van der Waals surface area contributed by atoms with E-state index in [0.717, 1.165) is 0 Å². The summed E-state index contributed by atoms with van der Waals surface area (Å²) >= 11 is 0. The molecule has 1 fully saturated rings. The monoisotopic (exact) mass is 187 g/mol. The van der Waals surface area contributed by atoms with Gasteiger partial charge in [0.05, 0.1) is 18.4 Å². The van der Waals surface area contributed by atoms with Crippen molar-refractivity contribution in [3.05, 3.63) is 0 Å². The van der Waals surface area contributed by atoms with Gasteiger partial charge in [-0.15, -0.1) is 5.06 Å². The molecule has 5 heteroatoms. The zero-order valence-corrected chi connectivity index (χ0v) is 7.74. The van der Waals surface area contributed by atoms with E-state index in [1.807, 2.05) is 0 Å². The molecule has 74 valence electrons. The quantitative estimate of drug-likeness (QED) is 0.686. The number of carboxylic acid groups (broad SMARTS) is 1. The van der Waals surface area contributed by atoms with Gasteiger partial charge in [0.1, 0.15) is 0 Å². The van der Waals surface area contributed by atoms with Crippen LogP contribution >= 0.6 is 0 Å². The molecular weight excluding hydrogens is 174 g/mol. The van der Waals surface area contributed by atoms with Crippen LogP contribution in [-0.2, 0) is 14.4 Å². The fourth-order valence-corrected chi connectivity index (χ4v) is 1.07. The lowest BCUT2D eigenvalue weighted by Crippen LogP contribution is -2.37. The minimum Gasteiger partial charge on any atom is -0.481 e. The van der Waals surface area contributed by atoms with Crippen molar-refractivity contribution in [1.29, 1.82) is 0 Å². The number of hydrogen-bond acceptors (Lipinski definition) is 4. The molecule has 0 saturated carbocycles. The minimum absolute atomic E-state index is 0.230. The van der Waals surface area contributed by atoms with E-state index in [1.54, 1.807) is 13.8 Å². The first kappa shape index (κ1) is 9.98. The predicted molar refractivity (Wildman–Crippen MR) is 43.7 cm³/mol. The number of carbonyl (C=O) groups is 2. The average Bonchev–Trinajstić information content (AvgIpc) is 2.34. The Balaban J connectivity index is 2.49. The first-order valence-corrected chi connectivity index (χ1v) is 4.11. The maximum atomic E-state index is 10.7. The van der Waals surface area contributed by atoms with Gasteiger partial charge >= 0.3 is 11.9 Å². The third-order valence-corrected chi connectivity index (χ3v) is 1.95. The number of aliphatic carboxylic acids is 1. The van der Waals surface area contributed by atoms with Gasteiger partial charge < -0.3 is 9.94 Å². The summed E-state index contributed by atoms with van der Waals surface area (Å²) in [5.74, 6) is -1.18. The molecule has 0 aromatic rings. The van der Waals surface area contributed by atoms with Crippen LogP contribution in [0.1, 0.15) is 20.3 Å². The first-order chi connectivity index (χ1) is 5.92. The third kappa shape index (κ3) is 2.42. The van der Waals surface area contributed by atoms with Crippen LogP contribution in [0, 0.1) is 5.41 Å². The van der Waals surface area contributed by atoms with E-state index in [0.29, 0.717) is 13.0 Å². The van der Waals surface area contributed by atoms with Crippen molar-refractivity contribution < 1.29 is 19.5 Å². The Morgan fingerprint density at radius 3 is 2.69 bits per heavy atom. The van der Waals surface area contributed by atoms with E-state index >= 15 is 0 Å². The number of hydrogen-bond donors (Lipinski definition) is 1. The van der Waals surface area contributed by atoms with Gasteiger partial charge in [0, 0.05) is 6.54 Å². The fraction of sp³-hybridized carbons (Fsp3) is 0.750. The van der Waals surface area contributed by atoms with Gasteiger partial charge in [-0.25, -0.2) is 0 Å². The second-order valence-electron chi connectivity index (χ2n) is 3.77. The normalized spacial score (nSPS) is 18.8. The first-order valence-electron chi connectivity index (χ1n) is 4.11. The number of rotatable bonds is 3. The predicted octanol–water partition coefficient (Wildman–Crippen LogP) is 0.261. The van der Waals surface area contributed by atoms with Crippen molar-refractivity contribution in [2.45, 2.75) is 20.3 Å². The van der Waals surface area contributed by atoms with Crippen LogP contribution in [0.3, 0.4) is 0 Å². The molecular formula is C8H13NO4. The van der Waals surface area contributed by atoms with Gasteiger partial charge in [0.25, 0.3) is 0 Å². The summed E-state index contributed by atoms with van der Waals surface area (Å²) in [5, 5.41) is 10.2. The maximum Gasteiger partial charge on any atom is 0.326 e. The number of carbonyl (C=O) groups excluding carboxylic acids is 1. The molecule has 0 aromatic heterocycles. The van der Waals surface area contributed by atoms with E-state index in [1.165, 1.54) is 5.06 Å². The summed E-state index contributed by atoms with van der Waals surface area (Å²) in [6.07, 6.45) is 0.343. The minimum atomic E-state index is -0.893. The van der Waals surface area contributed by atoms with E-state index in [9.17, 15) is 9.59 Å². The maximum absolute atomic E-state index is 10.7. The summed E-state index contributed by atoms with van der Waals surface area (Å²) in [4.78, 5) is 26.2. The summed E-state index contributed by atoms with van der Waals surface area (Å²) in [5.41, 5.74) is -0.884. The molecule has 0 aromatic carbocycles. The van der Waals surface area contributed by atoms with Crippen LogP contribution in [-0.4, -0.2) is 35.2 Å². The second-order valence-corrected chi connectivity index (χ2v) is 3.77. The van der Waals surface area contributed by atoms with Crippen molar-refractivity contribution >= 4 is 11.9 Å². The molecule has 1 aliphatic heterocycles. The smallest absolute Gasteiger partial charge is 0.326 e. The van der Waals surface area contributed by atoms with Gasteiger partial charge in [0.15, 0.2) is 0 Å². The van der Waals surface area contributed by atoms with E-state index < -0.39 is 11.4 Å². The molecule has 0 atom stereocenters. The van der Waals surface area contributed by atoms with Crippen molar-refractivity contribution in [2.75, 3.05) is 13.1 Å². The Bertz CT molecular complexity index is 236. The molecule has 0 amide bonds. The number of hydroxylamine groups is 2. The molecule has 1 aliphatic rings. The molecule has 0 unspecified atom stereocenters. The zero-order chi connectivity index (χ0) is 10.1. The van der Waals surface area contributed by atoms with Crippen LogP contribution in [0.2, 0.25) is 0 Å². The van der Waals surface area contributed by atoms with Crippen LogP contribution < -0.4 is 0 Å². The van der Waals surface area contributed by atoms with E-state index in [-0.39, 0.29) is 12.5 Å². The summed E-state index contributed by atoms with van der Waals surface area (Å²) in [6, 6.07) is 0. The van der Waals surface area contributed by atoms with Crippen molar-refractivity contribution in [2.24, 2.45) is 5.41 Å². The highest BCUT2D eigenvalue weighted by molar-refractivity contribution is 5.74. The van der Waals surface area contributed by atoms with Gasteiger partial charge in [-0.1, -0.05) is 0 Å². The average molecular weight is 187 g/mol. The lowest BCUT2D eigenvalue weighted by atomic mass is 9.94. The molecule has 1 rings (SSSR count). The van der Waals surface area contributed by atoms with Crippen LogP contribution in [0.15, 0.2) is 0 Å². The fourth-order valence-electron chi connectivity index (χ4n) is 1.07.